The van der Waals surface area contributed by atoms with Gasteiger partial charge in [0.15, 0.2) is 0 Å². The summed E-state index contributed by atoms with van der Waals surface area (Å²) in [5.41, 5.74) is -0.582. The van der Waals surface area contributed by atoms with Crippen molar-refractivity contribution < 1.29 is 30.5 Å². The number of nitriles is 1. The third-order valence-electron chi connectivity index (χ3n) is 3.01. The van der Waals surface area contributed by atoms with Gasteiger partial charge in [-0.1, -0.05) is 12.1 Å². The van der Waals surface area contributed by atoms with Crippen molar-refractivity contribution in [3.63, 3.8) is 0 Å². The molecule has 0 aliphatic rings. The lowest BCUT2D eigenvalue weighted by atomic mass is 10.1. The average Bonchev–Trinajstić information content (AvgIpc) is 2.52. The van der Waals surface area contributed by atoms with Crippen LogP contribution >= 0.6 is 0 Å². The molecule has 25 heavy (non-hydrogen) atoms. The zero-order valence-electron chi connectivity index (χ0n) is 12.9. The molecule has 0 N–H and O–H groups in total. The van der Waals surface area contributed by atoms with Gasteiger partial charge in [-0.3, -0.25) is 4.18 Å². The number of rotatable bonds is 5. The molecule has 2 aromatic carbocycles. The van der Waals surface area contributed by atoms with Crippen LogP contribution in [-0.2, 0) is 27.1 Å². The smallest absolute Gasteiger partial charge is 0.416 e. The maximum absolute atomic E-state index is 12.9. The van der Waals surface area contributed by atoms with E-state index in [0.29, 0.717) is 0 Å². The van der Waals surface area contributed by atoms with Gasteiger partial charge in [-0.25, -0.2) is 0 Å². The van der Waals surface area contributed by atoms with Crippen molar-refractivity contribution in [2.75, 3.05) is 6.26 Å². The molecule has 0 amide bonds. The standard InChI is InChI=1S/C16H12F3NO4S/c1-25(21,22)23-10-12-5-6-13(16(17,18)19)8-15(12)24-14-4-2-3-11(7-14)9-20/h2-8H,10H2,1H3. The summed E-state index contributed by atoms with van der Waals surface area (Å²) >= 11 is 0. The van der Waals surface area contributed by atoms with Crippen molar-refractivity contribution in [3.8, 4) is 17.6 Å². The predicted molar refractivity (Wildman–Crippen MR) is 82.3 cm³/mol. The summed E-state index contributed by atoms with van der Waals surface area (Å²) in [5.74, 6) is -0.0763. The van der Waals surface area contributed by atoms with Gasteiger partial charge in [-0.15, -0.1) is 0 Å². The Hall–Kier alpha value is -2.57. The molecule has 0 unspecified atom stereocenters. The van der Waals surface area contributed by atoms with Crippen LogP contribution in [0, 0.1) is 11.3 Å². The molecule has 0 aliphatic carbocycles. The van der Waals surface area contributed by atoms with Crippen molar-refractivity contribution in [2.24, 2.45) is 0 Å². The molecular weight excluding hydrogens is 359 g/mol. The van der Waals surface area contributed by atoms with Gasteiger partial charge in [0.25, 0.3) is 10.1 Å². The van der Waals surface area contributed by atoms with Crippen LogP contribution in [0.25, 0.3) is 0 Å². The summed E-state index contributed by atoms with van der Waals surface area (Å²) in [5, 5.41) is 8.87. The van der Waals surface area contributed by atoms with E-state index in [9.17, 15) is 21.6 Å². The summed E-state index contributed by atoms with van der Waals surface area (Å²) < 4.78 is 71.0. The Morgan fingerprint density at radius 2 is 1.88 bits per heavy atom. The van der Waals surface area contributed by atoms with Gasteiger partial charge in [0, 0.05) is 5.56 Å². The lowest BCUT2D eigenvalue weighted by molar-refractivity contribution is -0.137. The minimum Gasteiger partial charge on any atom is -0.457 e. The largest absolute Gasteiger partial charge is 0.457 e. The molecule has 2 rings (SSSR count). The van der Waals surface area contributed by atoms with Gasteiger partial charge in [-0.05, 0) is 30.3 Å². The first kappa shape index (κ1) is 18.8. The highest BCUT2D eigenvalue weighted by atomic mass is 32.2. The van der Waals surface area contributed by atoms with Crippen LogP contribution in [0.5, 0.6) is 11.5 Å². The van der Waals surface area contributed by atoms with E-state index in [2.05, 4.69) is 4.18 Å². The molecule has 0 aliphatic heterocycles. The number of nitrogens with zero attached hydrogens (tertiary/aromatic N) is 1. The lowest BCUT2D eigenvalue weighted by Crippen LogP contribution is -2.08. The first-order chi connectivity index (χ1) is 11.6. The van der Waals surface area contributed by atoms with E-state index in [4.69, 9.17) is 10.00 Å². The molecule has 9 heteroatoms. The molecule has 5 nitrogen and oxygen atoms in total. The van der Waals surface area contributed by atoms with E-state index in [0.717, 1.165) is 24.5 Å². The lowest BCUT2D eigenvalue weighted by Gasteiger charge is -2.14. The quantitative estimate of drug-likeness (QED) is 0.747. The number of alkyl halides is 3. The average molecular weight is 371 g/mol. The molecule has 0 spiro atoms. The fraction of sp³-hybridized carbons (Fsp3) is 0.188. The SMILES string of the molecule is CS(=O)(=O)OCc1ccc(C(F)(F)F)cc1Oc1cccc(C#N)c1. The second-order valence-electron chi connectivity index (χ2n) is 5.03. The van der Waals surface area contributed by atoms with Crippen molar-refractivity contribution >= 4 is 10.1 Å². The van der Waals surface area contributed by atoms with Gasteiger partial charge in [0.1, 0.15) is 11.5 Å². The van der Waals surface area contributed by atoms with Gasteiger partial charge in [0.05, 0.1) is 30.1 Å². The molecule has 132 valence electrons. The molecule has 2 aromatic rings. The fourth-order valence-electron chi connectivity index (χ4n) is 1.87. The van der Waals surface area contributed by atoms with Crippen LogP contribution in [0.15, 0.2) is 42.5 Å². The Labute approximate surface area is 142 Å². The molecule has 0 radical (unpaired) electrons. The highest BCUT2D eigenvalue weighted by molar-refractivity contribution is 7.85. The molecule has 0 atom stereocenters. The van der Waals surface area contributed by atoms with Gasteiger partial charge < -0.3 is 4.74 Å². The van der Waals surface area contributed by atoms with E-state index >= 15 is 0 Å². The fourth-order valence-corrected chi connectivity index (χ4v) is 2.21. The van der Waals surface area contributed by atoms with Crippen molar-refractivity contribution in [1.82, 2.24) is 0 Å². The van der Waals surface area contributed by atoms with Crippen molar-refractivity contribution in [2.45, 2.75) is 12.8 Å². The number of halogens is 3. The topological polar surface area (TPSA) is 76.4 Å². The molecule has 0 saturated heterocycles. The Kier molecular flexibility index (Phi) is 5.35. The number of ether oxygens (including phenoxy) is 1. The number of hydrogen-bond acceptors (Lipinski definition) is 5. The third-order valence-corrected chi connectivity index (χ3v) is 3.56. The highest BCUT2D eigenvalue weighted by Crippen LogP contribution is 2.35. The molecule has 0 bridgehead atoms. The molecule has 0 saturated carbocycles. The monoisotopic (exact) mass is 371 g/mol. The Bertz CT molecular complexity index is 918. The van der Waals surface area contributed by atoms with Crippen molar-refractivity contribution in [1.29, 1.82) is 5.26 Å². The number of hydrogen-bond donors (Lipinski definition) is 0. The normalized spacial score (nSPS) is 11.8. The summed E-state index contributed by atoms with van der Waals surface area (Å²) in [4.78, 5) is 0. The zero-order chi connectivity index (χ0) is 18.7. The van der Waals surface area contributed by atoms with E-state index in [1.807, 2.05) is 6.07 Å². The summed E-state index contributed by atoms with van der Waals surface area (Å²) in [7, 11) is -3.78. The minimum atomic E-state index is -4.59. The second kappa shape index (κ2) is 7.13. The maximum Gasteiger partial charge on any atom is 0.416 e. The second-order valence-corrected chi connectivity index (χ2v) is 6.67. The van der Waals surface area contributed by atoms with Crippen LogP contribution in [0.4, 0.5) is 13.2 Å². The van der Waals surface area contributed by atoms with Crippen LogP contribution < -0.4 is 4.74 Å². The van der Waals surface area contributed by atoms with Gasteiger partial charge in [-0.2, -0.15) is 26.9 Å². The first-order valence-electron chi connectivity index (χ1n) is 6.81. The van der Waals surface area contributed by atoms with E-state index < -0.39 is 28.5 Å². The van der Waals surface area contributed by atoms with Crippen LogP contribution in [-0.4, -0.2) is 14.7 Å². The van der Waals surface area contributed by atoms with E-state index in [1.54, 1.807) is 0 Å². The van der Waals surface area contributed by atoms with Crippen LogP contribution in [0.3, 0.4) is 0 Å². The zero-order valence-corrected chi connectivity index (χ0v) is 13.7. The molecule has 0 fully saturated rings. The first-order valence-corrected chi connectivity index (χ1v) is 8.63. The summed E-state index contributed by atoms with van der Waals surface area (Å²) in [6, 6.07) is 10.3. The predicted octanol–water partition coefficient (Wildman–Crippen LogP) is 3.85. The summed E-state index contributed by atoms with van der Waals surface area (Å²) in [6.07, 6.45) is -3.77. The molecular formula is C16H12F3NO4S. The Morgan fingerprint density at radius 1 is 1.16 bits per heavy atom. The van der Waals surface area contributed by atoms with E-state index in [1.165, 1.54) is 24.3 Å². The maximum atomic E-state index is 12.9. The third kappa shape index (κ3) is 5.48. The molecule has 0 heterocycles. The molecule has 0 aromatic heterocycles. The highest BCUT2D eigenvalue weighted by Gasteiger charge is 2.31. The van der Waals surface area contributed by atoms with Crippen molar-refractivity contribution in [3.05, 3.63) is 59.2 Å². The Morgan fingerprint density at radius 3 is 2.48 bits per heavy atom. The van der Waals surface area contributed by atoms with Crippen LogP contribution in [0.2, 0.25) is 0 Å². The van der Waals surface area contributed by atoms with E-state index in [-0.39, 0.29) is 22.6 Å². The minimum absolute atomic E-state index is 0.112. The van der Waals surface area contributed by atoms with Crippen LogP contribution in [0.1, 0.15) is 16.7 Å². The van der Waals surface area contributed by atoms with Gasteiger partial charge >= 0.3 is 6.18 Å². The summed E-state index contributed by atoms with van der Waals surface area (Å²) in [6.45, 7) is -0.482. The Balaban J connectivity index is 2.41. The number of benzene rings is 2. The van der Waals surface area contributed by atoms with Gasteiger partial charge in [0.2, 0.25) is 0 Å².